The van der Waals surface area contributed by atoms with E-state index in [4.69, 9.17) is 0 Å². The van der Waals surface area contributed by atoms with Gasteiger partial charge in [-0.1, -0.05) is 60.7 Å². The molecule has 3 saturated heterocycles. The topological polar surface area (TPSA) is 128 Å². The van der Waals surface area contributed by atoms with Crippen LogP contribution in [0.3, 0.4) is 0 Å². The minimum Gasteiger partial charge on any atom is -0.345 e. The summed E-state index contributed by atoms with van der Waals surface area (Å²) in [5.74, 6) is -2.03. The fourth-order valence-corrected chi connectivity index (χ4v) is 5.90. The smallest absolute Gasteiger partial charge is 0.246 e. The Morgan fingerprint density at radius 3 is 1.62 bits per heavy atom. The van der Waals surface area contributed by atoms with Crippen LogP contribution in [0.15, 0.2) is 60.7 Å². The molecule has 3 aliphatic rings. The van der Waals surface area contributed by atoms with E-state index in [1.54, 1.807) is 0 Å². The van der Waals surface area contributed by atoms with E-state index < -0.39 is 41.9 Å². The average Bonchev–Trinajstić information content (AvgIpc) is 3.66. The van der Waals surface area contributed by atoms with E-state index in [0.717, 1.165) is 11.1 Å². The van der Waals surface area contributed by atoms with Gasteiger partial charge in [0.2, 0.25) is 29.5 Å². The molecular formula is C30H35N5O5. The molecular weight excluding hydrogens is 510 g/mol. The molecule has 5 amide bonds. The molecule has 2 aromatic carbocycles. The molecule has 0 unspecified atom stereocenters. The standard InChI is InChI=1S/C30H35N5O5/c36-26-19-31-27(37)24-13-7-15-34(24)30(40)23(18-21-11-5-2-6-12-21)33-28(38)25-14-8-16-35(25)29(39)22(32-26)17-20-9-3-1-4-10-20/h1-6,9-12,22-25H,7-8,13-19H2,(H,31,37)(H,32,36)(H,33,38)/t22-,23-,24-,25-/m0/s1. The quantitative estimate of drug-likeness (QED) is 0.517. The Balaban J connectivity index is 1.46. The second kappa shape index (κ2) is 12.3. The van der Waals surface area contributed by atoms with Crippen molar-refractivity contribution in [1.82, 2.24) is 25.8 Å². The fraction of sp³-hybridized carbons (Fsp3) is 0.433. The van der Waals surface area contributed by atoms with Gasteiger partial charge in [-0.25, -0.2) is 0 Å². The lowest BCUT2D eigenvalue weighted by Crippen LogP contribution is -2.57. The summed E-state index contributed by atoms with van der Waals surface area (Å²) in [5.41, 5.74) is 1.73. The zero-order valence-corrected chi connectivity index (χ0v) is 22.4. The zero-order valence-electron chi connectivity index (χ0n) is 22.4. The summed E-state index contributed by atoms with van der Waals surface area (Å²) in [6.07, 6.45) is 2.71. The third-order valence-corrected chi connectivity index (χ3v) is 7.91. The Morgan fingerprint density at radius 1 is 0.625 bits per heavy atom. The molecule has 3 N–H and O–H groups in total. The maximum atomic E-state index is 13.8. The first kappa shape index (κ1) is 27.4. The average molecular weight is 546 g/mol. The first-order valence-electron chi connectivity index (χ1n) is 14.0. The van der Waals surface area contributed by atoms with E-state index in [-0.39, 0.29) is 31.2 Å². The Bertz CT molecular complexity index is 1250. The molecule has 3 aliphatic heterocycles. The lowest BCUT2D eigenvalue weighted by molar-refractivity contribution is -0.143. The van der Waals surface area contributed by atoms with Gasteiger partial charge in [0.15, 0.2) is 0 Å². The van der Waals surface area contributed by atoms with Crippen molar-refractivity contribution in [2.75, 3.05) is 19.6 Å². The van der Waals surface area contributed by atoms with Gasteiger partial charge in [-0.2, -0.15) is 0 Å². The molecule has 0 spiro atoms. The minimum atomic E-state index is -0.907. The Hall–Kier alpha value is -4.21. The molecule has 2 aromatic rings. The van der Waals surface area contributed by atoms with Crippen LogP contribution >= 0.6 is 0 Å². The van der Waals surface area contributed by atoms with Gasteiger partial charge in [-0.15, -0.1) is 0 Å². The summed E-state index contributed by atoms with van der Waals surface area (Å²) in [4.78, 5) is 70.3. The molecule has 0 radical (unpaired) electrons. The second-order valence-corrected chi connectivity index (χ2v) is 10.7. The Labute approximate surface area is 233 Å². The van der Waals surface area contributed by atoms with Gasteiger partial charge in [0, 0.05) is 25.9 Å². The van der Waals surface area contributed by atoms with Crippen LogP contribution in [-0.2, 0) is 36.8 Å². The summed E-state index contributed by atoms with van der Waals surface area (Å²) in [6.45, 7) is 0.446. The van der Waals surface area contributed by atoms with Gasteiger partial charge < -0.3 is 25.8 Å². The maximum Gasteiger partial charge on any atom is 0.246 e. The molecule has 3 heterocycles. The van der Waals surface area contributed by atoms with Crippen molar-refractivity contribution in [3.8, 4) is 0 Å². The SMILES string of the molecule is O=C1CNC(=O)[C@@H]2CCCN2C(=O)[C@H](Cc2ccccc2)NC(=O)[C@@H]2CCCN2C(=O)[C@H](Cc2ccccc2)N1. The number of rotatable bonds is 4. The maximum absolute atomic E-state index is 13.8. The van der Waals surface area contributed by atoms with Crippen LogP contribution < -0.4 is 16.0 Å². The van der Waals surface area contributed by atoms with Crippen molar-refractivity contribution in [1.29, 1.82) is 0 Å². The van der Waals surface area contributed by atoms with Gasteiger partial charge >= 0.3 is 0 Å². The number of hydrogen-bond acceptors (Lipinski definition) is 5. The van der Waals surface area contributed by atoms with Crippen LogP contribution in [0.5, 0.6) is 0 Å². The van der Waals surface area contributed by atoms with Gasteiger partial charge in [-0.3, -0.25) is 24.0 Å². The van der Waals surface area contributed by atoms with E-state index >= 15 is 0 Å². The molecule has 40 heavy (non-hydrogen) atoms. The predicted octanol–water partition coefficient (Wildman–Crippen LogP) is 0.553. The van der Waals surface area contributed by atoms with Crippen molar-refractivity contribution in [3.05, 3.63) is 71.8 Å². The van der Waals surface area contributed by atoms with Gasteiger partial charge in [0.25, 0.3) is 0 Å². The van der Waals surface area contributed by atoms with Gasteiger partial charge in [0.05, 0.1) is 6.54 Å². The minimum absolute atomic E-state index is 0.246. The summed E-state index contributed by atoms with van der Waals surface area (Å²) in [5, 5.41) is 8.38. The number of nitrogens with zero attached hydrogens (tertiary/aromatic N) is 2. The predicted molar refractivity (Wildman–Crippen MR) is 147 cm³/mol. The highest BCUT2D eigenvalue weighted by atomic mass is 16.2. The lowest BCUT2D eigenvalue weighted by Gasteiger charge is -2.31. The Morgan fingerprint density at radius 2 is 1.10 bits per heavy atom. The van der Waals surface area contributed by atoms with E-state index in [1.165, 1.54) is 9.80 Å². The first-order chi connectivity index (χ1) is 19.4. The lowest BCUT2D eigenvalue weighted by atomic mass is 10.0. The van der Waals surface area contributed by atoms with Crippen molar-refractivity contribution in [3.63, 3.8) is 0 Å². The normalized spacial score (nSPS) is 26.2. The summed E-state index contributed by atoms with van der Waals surface area (Å²) in [6, 6.07) is 15.4. The van der Waals surface area contributed by atoms with Crippen molar-refractivity contribution in [2.45, 2.75) is 62.7 Å². The summed E-state index contributed by atoms with van der Waals surface area (Å²) in [7, 11) is 0. The number of carbonyl (C=O) groups is 5. The van der Waals surface area contributed by atoms with Crippen LogP contribution in [0.4, 0.5) is 0 Å². The molecule has 3 fully saturated rings. The molecule has 10 nitrogen and oxygen atoms in total. The van der Waals surface area contributed by atoms with Gasteiger partial charge in [-0.05, 0) is 36.8 Å². The molecule has 0 aromatic heterocycles. The molecule has 210 valence electrons. The number of carbonyl (C=O) groups excluding carboxylic acids is 5. The molecule has 0 bridgehead atoms. The highest BCUT2D eigenvalue weighted by Crippen LogP contribution is 2.23. The van der Waals surface area contributed by atoms with E-state index in [0.29, 0.717) is 38.8 Å². The van der Waals surface area contributed by atoms with Crippen molar-refractivity contribution in [2.24, 2.45) is 0 Å². The van der Waals surface area contributed by atoms with Crippen LogP contribution in [0.1, 0.15) is 36.8 Å². The number of fused-ring (bicyclic) bond motifs is 2. The van der Waals surface area contributed by atoms with Crippen LogP contribution in [0, 0.1) is 0 Å². The van der Waals surface area contributed by atoms with E-state index in [1.807, 2.05) is 60.7 Å². The highest BCUT2D eigenvalue weighted by molar-refractivity contribution is 5.97. The first-order valence-corrected chi connectivity index (χ1v) is 14.0. The Kier molecular flexibility index (Phi) is 8.42. The summed E-state index contributed by atoms with van der Waals surface area (Å²) >= 11 is 0. The zero-order chi connectivity index (χ0) is 28.1. The third-order valence-electron chi connectivity index (χ3n) is 7.91. The van der Waals surface area contributed by atoms with Crippen molar-refractivity contribution >= 4 is 29.5 Å². The molecule has 0 saturated carbocycles. The number of amides is 5. The molecule has 0 aliphatic carbocycles. The second-order valence-electron chi connectivity index (χ2n) is 10.7. The number of hydrogen-bond donors (Lipinski definition) is 3. The largest absolute Gasteiger partial charge is 0.345 e. The number of nitrogens with one attached hydrogen (secondary N) is 3. The van der Waals surface area contributed by atoms with Crippen LogP contribution in [0.2, 0.25) is 0 Å². The monoisotopic (exact) mass is 545 g/mol. The third kappa shape index (κ3) is 6.16. The highest BCUT2D eigenvalue weighted by Gasteiger charge is 2.42. The van der Waals surface area contributed by atoms with Crippen LogP contribution in [-0.4, -0.2) is 83.1 Å². The van der Waals surface area contributed by atoms with Crippen molar-refractivity contribution < 1.29 is 24.0 Å². The van der Waals surface area contributed by atoms with E-state index in [2.05, 4.69) is 16.0 Å². The molecule has 5 rings (SSSR count). The van der Waals surface area contributed by atoms with E-state index in [9.17, 15) is 24.0 Å². The fourth-order valence-electron chi connectivity index (χ4n) is 5.90. The summed E-state index contributed by atoms with van der Waals surface area (Å²) < 4.78 is 0. The molecule has 4 atom stereocenters. The number of benzene rings is 2. The molecule has 10 heteroatoms. The van der Waals surface area contributed by atoms with Gasteiger partial charge in [0.1, 0.15) is 24.2 Å². The van der Waals surface area contributed by atoms with Crippen LogP contribution in [0.25, 0.3) is 0 Å².